The van der Waals surface area contributed by atoms with Crippen molar-refractivity contribution in [3.05, 3.63) is 54.7 Å². The Labute approximate surface area is 158 Å². The topological polar surface area (TPSA) is 80.1 Å². The lowest BCUT2D eigenvalue weighted by molar-refractivity contribution is 0.258. The molecule has 2 aromatic heterocycles. The fraction of sp³-hybridized carbons (Fsp3) is 0.294. The van der Waals surface area contributed by atoms with Gasteiger partial charge in [-0.1, -0.05) is 6.07 Å². The fourth-order valence-corrected chi connectivity index (χ4v) is 5.11. The highest BCUT2D eigenvalue weighted by atomic mass is 35.5. The molecule has 1 aliphatic heterocycles. The lowest BCUT2D eigenvalue weighted by atomic mass is 10.2. The number of piperazine rings is 1. The number of fused-ring (bicyclic) bond motifs is 1. The second-order valence-electron chi connectivity index (χ2n) is 6.06. The van der Waals surface area contributed by atoms with Crippen LogP contribution in [0.4, 0.5) is 0 Å². The van der Waals surface area contributed by atoms with Crippen LogP contribution in [0.2, 0.25) is 0 Å². The van der Waals surface area contributed by atoms with Crippen molar-refractivity contribution in [2.24, 2.45) is 7.05 Å². The third-order valence-corrected chi connectivity index (χ3v) is 6.51. The van der Waals surface area contributed by atoms with Gasteiger partial charge < -0.3 is 9.88 Å². The first kappa shape index (κ1) is 18.8. The van der Waals surface area contributed by atoms with Crippen LogP contribution in [0, 0.1) is 0 Å². The molecule has 1 saturated heterocycles. The number of benzene rings is 1. The van der Waals surface area contributed by atoms with Crippen molar-refractivity contribution < 1.29 is 8.42 Å². The van der Waals surface area contributed by atoms with Gasteiger partial charge in [-0.2, -0.15) is 4.31 Å². The highest BCUT2D eigenvalue weighted by Gasteiger charge is 2.37. The molecule has 1 aliphatic rings. The SMILES string of the molecule is Cl.Cn1ccnc1C1CNCCN1S(=O)(=O)c1cccc2ncccc12. The molecule has 3 heterocycles. The van der Waals surface area contributed by atoms with E-state index in [9.17, 15) is 8.42 Å². The van der Waals surface area contributed by atoms with E-state index in [1.807, 2.05) is 23.9 Å². The summed E-state index contributed by atoms with van der Waals surface area (Å²) in [5.74, 6) is 0.731. The van der Waals surface area contributed by atoms with Crippen molar-refractivity contribution in [1.82, 2.24) is 24.2 Å². The van der Waals surface area contributed by atoms with Gasteiger partial charge in [-0.05, 0) is 24.3 Å². The number of nitrogens with zero attached hydrogens (tertiary/aromatic N) is 4. The molecule has 7 nitrogen and oxygen atoms in total. The van der Waals surface area contributed by atoms with Crippen LogP contribution < -0.4 is 5.32 Å². The van der Waals surface area contributed by atoms with E-state index in [-0.39, 0.29) is 18.4 Å². The van der Waals surface area contributed by atoms with Crippen molar-refractivity contribution >= 4 is 33.3 Å². The summed E-state index contributed by atoms with van der Waals surface area (Å²) in [5.41, 5.74) is 0.673. The van der Waals surface area contributed by atoms with Gasteiger partial charge in [0.05, 0.1) is 16.5 Å². The summed E-state index contributed by atoms with van der Waals surface area (Å²) in [6.07, 6.45) is 5.19. The molecule has 1 aromatic carbocycles. The lowest BCUT2D eigenvalue weighted by Gasteiger charge is -2.34. The third-order valence-electron chi connectivity index (χ3n) is 4.54. The predicted octanol–water partition coefficient (Wildman–Crippen LogP) is 1.73. The maximum Gasteiger partial charge on any atom is 0.244 e. The van der Waals surface area contributed by atoms with Crippen LogP contribution in [0.25, 0.3) is 10.9 Å². The molecule has 0 bridgehead atoms. The fourth-order valence-electron chi connectivity index (χ4n) is 3.32. The van der Waals surface area contributed by atoms with Gasteiger partial charge in [0, 0.05) is 50.7 Å². The molecule has 9 heteroatoms. The molecule has 1 atom stereocenters. The predicted molar refractivity (Wildman–Crippen MR) is 102 cm³/mol. The number of imidazole rings is 1. The van der Waals surface area contributed by atoms with Crippen LogP contribution in [-0.2, 0) is 17.1 Å². The lowest BCUT2D eigenvalue weighted by Crippen LogP contribution is -2.49. The van der Waals surface area contributed by atoms with Gasteiger partial charge in [0.25, 0.3) is 0 Å². The molecule has 0 aliphatic carbocycles. The smallest absolute Gasteiger partial charge is 0.244 e. The zero-order chi connectivity index (χ0) is 17.4. The number of hydrogen-bond acceptors (Lipinski definition) is 5. The van der Waals surface area contributed by atoms with E-state index < -0.39 is 10.0 Å². The van der Waals surface area contributed by atoms with Gasteiger partial charge in [-0.25, -0.2) is 13.4 Å². The standard InChI is InChI=1S/C17H19N5O2S.ClH/c1-21-10-9-20-17(21)15-12-18-8-11-22(15)25(23,24)16-6-2-5-14-13(16)4-3-7-19-14;/h2-7,9-10,15,18H,8,11-12H2,1H3;1H. The molecule has 1 unspecified atom stereocenters. The highest BCUT2D eigenvalue weighted by molar-refractivity contribution is 7.89. The first-order chi connectivity index (χ1) is 12.1. The summed E-state index contributed by atoms with van der Waals surface area (Å²) in [4.78, 5) is 8.93. The number of halogens is 1. The van der Waals surface area contributed by atoms with Gasteiger partial charge >= 0.3 is 0 Å². The van der Waals surface area contributed by atoms with Gasteiger partial charge in [0.1, 0.15) is 5.82 Å². The summed E-state index contributed by atoms with van der Waals surface area (Å²) in [5, 5.41) is 3.91. The quantitative estimate of drug-likeness (QED) is 0.733. The van der Waals surface area contributed by atoms with Crippen molar-refractivity contribution in [3.8, 4) is 0 Å². The Bertz CT molecular complexity index is 1020. The number of aryl methyl sites for hydroxylation is 1. The molecule has 0 spiro atoms. The molecule has 0 radical (unpaired) electrons. The zero-order valence-electron chi connectivity index (χ0n) is 14.2. The van der Waals surface area contributed by atoms with E-state index in [4.69, 9.17) is 0 Å². The normalized spacial score (nSPS) is 18.6. The minimum Gasteiger partial charge on any atom is -0.337 e. The van der Waals surface area contributed by atoms with Crippen LogP contribution in [0.1, 0.15) is 11.9 Å². The van der Waals surface area contributed by atoms with Crippen molar-refractivity contribution in [2.75, 3.05) is 19.6 Å². The third kappa shape index (κ3) is 3.09. The summed E-state index contributed by atoms with van der Waals surface area (Å²) in [6, 6.07) is 8.42. The van der Waals surface area contributed by atoms with Gasteiger partial charge in [-0.15, -0.1) is 12.4 Å². The molecule has 3 aromatic rings. The van der Waals surface area contributed by atoms with Crippen LogP contribution in [0.3, 0.4) is 0 Å². The number of hydrogen-bond donors (Lipinski definition) is 1. The van der Waals surface area contributed by atoms with Crippen molar-refractivity contribution in [3.63, 3.8) is 0 Å². The monoisotopic (exact) mass is 393 g/mol. The maximum absolute atomic E-state index is 13.5. The number of aromatic nitrogens is 3. The Morgan fingerprint density at radius 3 is 2.77 bits per heavy atom. The zero-order valence-corrected chi connectivity index (χ0v) is 15.9. The summed E-state index contributed by atoms with van der Waals surface area (Å²) < 4.78 is 30.3. The van der Waals surface area contributed by atoms with E-state index in [1.54, 1.807) is 41.0 Å². The molecule has 4 rings (SSSR count). The van der Waals surface area contributed by atoms with E-state index in [1.165, 1.54) is 0 Å². The Morgan fingerprint density at radius 1 is 1.15 bits per heavy atom. The van der Waals surface area contributed by atoms with Crippen LogP contribution in [-0.4, -0.2) is 46.9 Å². The first-order valence-corrected chi connectivity index (χ1v) is 9.56. The van der Waals surface area contributed by atoms with Crippen LogP contribution in [0.5, 0.6) is 0 Å². The molecule has 0 saturated carbocycles. The van der Waals surface area contributed by atoms with Crippen molar-refractivity contribution in [1.29, 1.82) is 0 Å². The molecule has 26 heavy (non-hydrogen) atoms. The van der Waals surface area contributed by atoms with Gasteiger partial charge in [0.15, 0.2) is 0 Å². The Hall–Kier alpha value is -2.00. The van der Waals surface area contributed by atoms with E-state index >= 15 is 0 Å². The molecular formula is C17H20ClN5O2S. The molecule has 1 fully saturated rings. The summed E-state index contributed by atoms with van der Waals surface area (Å²) in [6.45, 7) is 1.55. The molecular weight excluding hydrogens is 374 g/mol. The Morgan fingerprint density at radius 2 is 2.00 bits per heavy atom. The Kier molecular flexibility index (Phi) is 5.29. The molecule has 138 valence electrons. The minimum absolute atomic E-state index is 0. The minimum atomic E-state index is -3.68. The number of sulfonamides is 1. The highest BCUT2D eigenvalue weighted by Crippen LogP contribution is 2.31. The average Bonchev–Trinajstić information content (AvgIpc) is 3.07. The van der Waals surface area contributed by atoms with E-state index in [0.717, 1.165) is 5.82 Å². The van der Waals surface area contributed by atoms with Crippen LogP contribution >= 0.6 is 12.4 Å². The first-order valence-electron chi connectivity index (χ1n) is 8.12. The molecule has 1 N–H and O–H groups in total. The Balaban J connectivity index is 0.00000196. The second kappa shape index (κ2) is 7.32. The van der Waals surface area contributed by atoms with Crippen molar-refractivity contribution in [2.45, 2.75) is 10.9 Å². The number of nitrogens with one attached hydrogen (secondary N) is 1. The maximum atomic E-state index is 13.5. The summed E-state index contributed by atoms with van der Waals surface area (Å²) >= 11 is 0. The number of pyridine rings is 1. The van der Waals surface area contributed by atoms with E-state index in [0.29, 0.717) is 35.4 Å². The molecule has 0 amide bonds. The number of rotatable bonds is 3. The van der Waals surface area contributed by atoms with Crippen LogP contribution in [0.15, 0.2) is 53.8 Å². The van der Waals surface area contributed by atoms with Gasteiger partial charge in [-0.3, -0.25) is 4.98 Å². The second-order valence-corrected chi connectivity index (χ2v) is 7.92. The summed E-state index contributed by atoms with van der Waals surface area (Å²) in [7, 11) is -1.80. The average molecular weight is 394 g/mol. The largest absolute Gasteiger partial charge is 0.337 e. The van der Waals surface area contributed by atoms with Gasteiger partial charge in [0.2, 0.25) is 10.0 Å². The van der Waals surface area contributed by atoms with E-state index in [2.05, 4.69) is 15.3 Å².